The van der Waals surface area contributed by atoms with E-state index in [1.807, 2.05) is 13.8 Å². The molecule has 37 heavy (non-hydrogen) atoms. The number of rotatable bonds is 12. The largest absolute Gasteiger partial charge is 0.494 e. The van der Waals surface area contributed by atoms with Gasteiger partial charge in [0.2, 0.25) is 5.75 Å². The maximum atomic E-state index is 14.0. The molecular formula is C27H30ClNO7S. The lowest BCUT2D eigenvalue weighted by Crippen LogP contribution is -2.37. The first-order valence-electron chi connectivity index (χ1n) is 11.9. The molecule has 0 aliphatic carbocycles. The Balaban J connectivity index is 2.20. The molecule has 0 unspecified atom stereocenters. The van der Waals surface area contributed by atoms with Gasteiger partial charge >= 0.3 is 0 Å². The van der Waals surface area contributed by atoms with Gasteiger partial charge in [-0.3, -0.25) is 4.79 Å². The summed E-state index contributed by atoms with van der Waals surface area (Å²) >= 11 is 5.97. The van der Waals surface area contributed by atoms with E-state index in [-0.39, 0.29) is 27.6 Å². The fourth-order valence-corrected chi connectivity index (χ4v) is 5.09. The molecule has 3 rings (SSSR count). The van der Waals surface area contributed by atoms with E-state index < -0.39 is 15.9 Å². The third-order valence-corrected chi connectivity index (χ3v) is 7.05. The number of halogens is 1. The standard InChI is InChI=1S/C27H30ClNO7S/c1-5-33-22-13-11-21(12-14-22)29(37(31,32)23-15-9-20(28)10-16-23)27(30)19-17-24(34-6-2)26(36-8-4)25(18-19)35-7-3/h9-18H,5-8H2,1-4H3. The van der Waals surface area contributed by atoms with Crippen LogP contribution in [0, 0.1) is 0 Å². The van der Waals surface area contributed by atoms with Crippen LogP contribution in [0.25, 0.3) is 0 Å². The van der Waals surface area contributed by atoms with Crippen molar-refractivity contribution < 1.29 is 32.2 Å². The average Bonchev–Trinajstić information content (AvgIpc) is 2.87. The number of sulfonamides is 1. The first-order chi connectivity index (χ1) is 17.8. The minimum absolute atomic E-state index is 0.0433. The predicted octanol–water partition coefficient (Wildman–Crippen LogP) is 5.97. The molecule has 0 aromatic heterocycles. The summed E-state index contributed by atoms with van der Waals surface area (Å²) in [5, 5.41) is 0.368. The number of amides is 1. The highest BCUT2D eigenvalue weighted by molar-refractivity contribution is 7.93. The predicted molar refractivity (Wildman–Crippen MR) is 143 cm³/mol. The Hall–Kier alpha value is -3.43. The molecule has 3 aromatic rings. The molecule has 10 heteroatoms. The smallest absolute Gasteiger partial charge is 0.272 e. The second-order valence-corrected chi connectivity index (χ2v) is 9.78. The fourth-order valence-electron chi connectivity index (χ4n) is 3.55. The quantitative estimate of drug-likeness (QED) is 0.276. The van der Waals surface area contributed by atoms with Crippen molar-refractivity contribution >= 4 is 33.2 Å². The number of anilines is 1. The van der Waals surface area contributed by atoms with Crippen LogP contribution in [0.4, 0.5) is 5.69 Å². The molecule has 198 valence electrons. The summed E-state index contributed by atoms with van der Waals surface area (Å²) in [4.78, 5) is 13.9. The Morgan fingerprint density at radius 1 is 0.757 bits per heavy atom. The minimum atomic E-state index is -4.34. The molecule has 8 nitrogen and oxygen atoms in total. The van der Waals surface area contributed by atoms with Crippen LogP contribution >= 0.6 is 11.6 Å². The molecule has 0 atom stereocenters. The Morgan fingerprint density at radius 2 is 1.27 bits per heavy atom. The van der Waals surface area contributed by atoms with Gasteiger partial charge in [0.15, 0.2) is 11.5 Å². The Labute approximate surface area is 222 Å². The van der Waals surface area contributed by atoms with Crippen LogP contribution < -0.4 is 23.3 Å². The normalized spacial score (nSPS) is 11.1. The van der Waals surface area contributed by atoms with Crippen molar-refractivity contribution in [1.82, 2.24) is 0 Å². The zero-order valence-corrected chi connectivity index (χ0v) is 22.8. The Bertz CT molecular complexity index is 1280. The number of carbonyl (C=O) groups is 1. The van der Waals surface area contributed by atoms with Gasteiger partial charge in [0.25, 0.3) is 15.9 Å². The van der Waals surface area contributed by atoms with Gasteiger partial charge in [-0.2, -0.15) is 4.31 Å². The highest BCUT2D eigenvalue weighted by atomic mass is 35.5. The van der Waals surface area contributed by atoms with Gasteiger partial charge in [-0.05, 0) is 88.4 Å². The van der Waals surface area contributed by atoms with E-state index in [1.165, 1.54) is 48.5 Å². The van der Waals surface area contributed by atoms with Crippen LogP contribution in [0.2, 0.25) is 5.02 Å². The summed E-state index contributed by atoms with van der Waals surface area (Å²) in [6.45, 7) is 8.63. The number of hydrogen-bond acceptors (Lipinski definition) is 7. The van der Waals surface area contributed by atoms with E-state index in [2.05, 4.69) is 0 Å². The summed E-state index contributed by atoms with van der Waals surface area (Å²) in [5.41, 5.74) is 0.176. The van der Waals surface area contributed by atoms with Crippen molar-refractivity contribution in [3.63, 3.8) is 0 Å². The summed E-state index contributed by atoms with van der Waals surface area (Å²) in [7, 11) is -4.34. The molecule has 0 saturated heterocycles. The lowest BCUT2D eigenvalue weighted by molar-refractivity contribution is 0.100. The highest BCUT2D eigenvalue weighted by Crippen LogP contribution is 2.40. The molecule has 1 amide bonds. The molecule has 0 fully saturated rings. The number of ether oxygens (including phenoxy) is 4. The van der Waals surface area contributed by atoms with Gasteiger partial charge in [0.1, 0.15) is 5.75 Å². The van der Waals surface area contributed by atoms with E-state index in [0.717, 1.165) is 4.31 Å². The molecule has 0 aliphatic heterocycles. The zero-order chi connectivity index (χ0) is 27.0. The van der Waals surface area contributed by atoms with Crippen LogP contribution in [0.1, 0.15) is 38.1 Å². The second-order valence-electron chi connectivity index (χ2n) is 7.56. The molecule has 0 saturated carbocycles. The van der Waals surface area contributed by atoms with Gasteiger partial charge < -0.3 is 18.9 Å². The van der Waals surface area contributed by atoms with Gasteiger partial charge in [-0.15, -0.1) is 0 Å². The number of benzene rings is 3. The SMILES string of the molecule is CCOc1ccc(N(C(=O)c2cc(OCC)c(OCC)c(OCC)c2)S(=O)(=O)c2ccc(Cl)cc2)cc1. The minimum Gasteiger partial charge on any atom is -0.494 e. The van der Waals surface area contributed by atoms with E-state index in [4.69, 9.17) is 30.5 Å². The molecule has 0 N–H and O–H groups in total. The third-order valence-electron chi connectivity index (χ3n) is 5.07. The first kappa shape index (κ1) is 28.1. The zero-order valence-electron chi connectivity index (χ0n) is 21.2. The lowest BCUT2D eigenvalue weighted by Gasteiger charge is -2.24. The summed E-state index contributed by atoms with van der Waals surface area (Å²) in [6.07, 6.45) is 0. The monoisotopic (exact) mass is 547 g/mol. The van der Waals surface area contributed by atoms with Crippen molar-refractivity contribution in [1.29, 1.82) is 0 Å². The second kappa shape index (κ2) is 12.7. The molecule has 0 radical (unpaired) electrons. The number of hydrogen-bond donors (Lipinski definition) is 0. The van der Waals surface area contributed by atoms with Crippen LogP contribution in [-0.4, -0.2) is 40.8 Å². The van der Waals surface area contributed by atoms with Crippen molar-refractivity contribution in [3.05, 3.63) is 71.2 Å². The van der Waals surface area contributed by atoms with Crippen molar-refractivity contribution in [2.24, 2.45) is 0 Å². The summed E-state index contributed by atoms with van der Waals surface area (Å²) in [6, 6.07) is 14.7. The Kier molecular flexibility index (Phi) is 9.66. The van der Waals surface area contributed by atoms with E-state index in [1.54, 1.807) is 26.0 Å². The molecule has 0 spiro atoms. The fraction of sp³-hybridized carbons (Fsp3) is 0.296. The van der Waals surface area contributed by atoms with Crippen LogP contribution in [-0.2, 0) is 10.0 Å². The highest BCUT2D eigenvalue weighted by Gasteiger charge is 2.33. The first-order valence-corrected chi connectivity index (χ1v) is 13.7. The van der Waals surface area contributed by atoms with Crippen LogP contribution in [0.3, 0.4) is 0 Å². The third kappa shape index (κ3) is 6.47. The van der Waals surface area contributed by atoms with Crippen molar-refractivity contribution in [2.75, 3.05) is 30.7 Å². The van der Waals surface area contributed by atoms with Crippen LogP contribution in [0.5, 0.6) is 23.0 Å². The summed E-state index contributed by atoms with van der Waals surface area (Å²) < 4.78 is 51.0. The maximum absolute atomic E-state index is 14.0. The molecule has 0 heterocycles. The van der Waals surface area contributed by atoms with Crippen molar-refractivity contribution in [3.8, 4) is 23.0 Å². The van der Waals surface area contributed by atoms with Gasteiger partial charge in [0.05, 0.1) is 37.0 Å². The number of nitrogens with zero attached hydrogens (tertiary/aromatic N) is 1. The van der Waals surface area contributed by atoms with E-state index in [0.29, 0.717) is 42.9 Å². The van der Waals surface area contributed by atoms with E-state index >= 15 is 0 Å². The number of carbonyl (C=O) groups excluding carboxylic acids is 1. The van der Waals surface area contributed by atoms with Crippen molar-refractivity contribution in [2.45, 2.75) is 32.6 Å². The molecular weight excluding hydrogens is 518 g/mol. The topological polar surface area (TPSA) is 91.4 Å². The Morgan fingerprint density at radius 3 is 1.76 bits per heavy atom. The lowest BCUT2D eigenvalue weighted by atomic mass is 10.1. The van der Waals surface area contributed by atoms with Gasteiger partial charge in [0, 0.05) is 10.6 Å². The maximum Gasteiger partial charge on any atom is 0.272 e. The van der Waals surface area contributed by atoms with Gasteiger partial charge in [-0.1, -0.05) is 11.6 Å². The molecule has 3 aromatic carbocycles. The molecule has 0 bridgehead atoms. The van der Waals surface area contributed by atoms with Crippen LogP contribution in [0.15, 0.2) is 65.6 Å². The molecule has 0 aliphatic rings. The average molecular weight is 548 g/mol. The summed E-state index contributed by atoms with van der Waals surface area (Å²) in [5.74, 6) is 0.629. The van der Waals surface area contributed by atoms with E-state index in [9.17, 15) is 13.2 Å². The van der Waals surface area contributed by atoms with Gasteiger partial charge in [-0.25, -0.2) is 8.42 Å².